The predicted molar refractivity (Wildman–Crippen MR) is 89.9 cm³/mol. The lowest BCUT2D eigenvalue weighted by Crippen LogP contribution is -2.04. The number of fused-ring (bicyclic) bond motifs is 1. The Labute approximate surface area is 140 Å². The van der Waals surface area contributed by atoms with Crippen LogP contribution < -0.4 is 9.47 Å². The van der Waals surface area contributed by atoms with Gasteiger partial charge in [-0.2, -0.15) is 0 Å². The van der Waals surface area contributed by atoms with Crippen LogP contribution in [0.1, 0.15) is 11.1 Å². The quantitative estimate of drug-likeness (QED) is 0.484. The number of sulfone groups is 1. The van der Waals surface area contributed by atoms with E-state index in [0.29, 0.717) is 12.4 Å². The minimum atomic E-state index is -3.26. The molecule has 1 aliphatic heterocycles. The summed E-state index contributed by atoms with van der Waals surface area (Å²) in [6.07, 6.45) is 5.00. The molecule has 2 aromatic carbocycles. The van der Waals surface area contributed by atoms with E-state index in [1.165, 1.54) is 30.3 Å². The van der Waals surface area contributed by atoms with Crippen molar-refractivity contribution >= 4 is 21.9 Å². The van der Waals surface area contributed by atoms with Crippen LogP contribution in [0.4, 0.5) is 0 Å². The zero-order valence-corrected chi connectivity index (χ0v) is 13.9. The number of ether oxygens (including phenoxy) is 2. The maximum atomic E-state index is 11.8. The van der Waals surface area contributed by atoms with Gasteiger partial charge >= 0.3 is 5.97 Å². The Morgan fingerprint density at radius 3 is 2.62 bits per heavy atom. The van der Waals surface area contributed by atoms with Crippen LogP contribution in [0.5, 0.6) is 11.5 Å². The van der Waals surface area contributed by atoms with Crippen LogP contribution in [-0.2, 0) is 21.1 Å². The molecule has 1 aliphatic rings. The van der Waals surface area contributed by atoms with Crippen molar-refractivity contribution in [2.75, 3.05) is 12.9 Å². The van der Waals surface area contributed by atoms with Gasteiger partial charge in [0.2, 0.25) is 0 Å². The first-order valence-corrected chi connectivity index (χ1v) is 9.27. The smallest absolute Gasteiger partial charge is 0.336 e. The number of hydrogen-bond donors (Lipinski definition) is 0. The highest BCUT2D eigenvalue weighted by Gasteiger charge is 2.11. The van der Waals surface area contributed by atoms with E-state index in [-0.39, 0.29) is 4.90 Å². The predicted octanol–water partition coefficient (Wildman–Crippen LogP) is 2.64. The number of carbonyl (C=O) groups excluding carboxylic acids is 1. The molecule has 1 heterocycles. The summed E-state index contributed by atoms with van der Waals surface area (Å²) in [5.41, 5.74) is 2.02. The fraction of sp³-hybridized carbons (Fsp3) is 0.167. The first kappa shape index (κ1) is 16.3. The van der Waals surface area contributed by atoms with E-state index in [1.54, 1.807) is 6.08 Å². The van der Waals surface area contributed by atoms with Crippen molar-refractivity contribution in [1.29, 1.82) is 0 Å². The molecule has 0 aromatic heterocycles. The van der Waals surface area contributed by atoms with E-state index in [2.05, 4.69) is 0 Å². The Balaban J connectivity index is 1.65. The van der Waals surface area contributed by atoms with E-state index in [9.17, 15) is 13.2 Å². The van der Waals surface area contributed by atoms with Gasteiger partial charge in [0.05, 0.1) is 11.5 Å². The van der Waals surface area contributed by atoms with Gasteiger partial charge in [-0.25, -0.2) is 13.2 Å². The zero-order chi connectivity index (χ0) is 17.2. The van der Waals surface area contributed by atoms with Crippen molar-refractivity contribution in [2.45, 2.75) is 11.3 Å². The molecule has 0 unspecified atom stereocenters. The topological polar surface area (TPSA) is 69.7 Å². The minimum Gasteiger partial charge on any atom is -0.493 e. The minimum absolute atomic E-state index is 0.179. The fourth-order valence-corrected chi connectivity index (χ4v) is 3.01. The standard InChI is InChI=1S/C18H16O5S/c1-24(20,21)16-6-4-15(5-7-16)23-18(19)9-3-13-2-8-17-14(12-13)10-11-22-17/h2-9,12H,10-11H2,1H3/b9-3+. The largest absolute Gasteiger partial charge is 0.493 e. The van der Waals surface area contributed by atoms with Crippen molar-refractivity contribution in [1.82, 2.24) is 0 Å². The zero-order valence-electron chi connectivity index (χ0n) is 13.1. The van der Waals surface area contributed by atoms with Gasteiger partial charge in [0.25, 0.3) is 0 Å². The lowest BCUT2D eigenvalue weighted by Gasteiger charge is -2.03. The highest BCUT2D eigenvalue weighted by molar-refractivity contribution is 7.90. The molecule has 0 aliphatic carbocycles. The molecule has 124 valence electrons. The summed E-state index contributed by atoms with van der Waals surface area (Å²) in [7, 11) is -3.26. The number of hydrogen-bond acceptors (Lipinski definition) is 5. The molecule has 0 saturated heterocycles. The molecule has 0 atom stereocenters. The molecule has 0 bridgehead atoms. The Morgan fingerprint density at radius 2 is 1.92 bits per heavy atom. The van der Waals surface area contributed by atoms with Crippen LogP contribution in [0.25, 0.3) is 6.08 Å². The molecule has 0 radical (unpaired) electrons. The van der Waals surface area contributed by atoms with Gasteiger partial charge in [0, 0.05) is 18.8 Å². The highest BCUT2D eigenvalue weighted by atomic mass is 32.2. The Kier molecular flexibility index (Phi) is 4.40. The molecule has 5 nitrogen and oxygen atoms in total. The summed E-state index contributed by atoms with van der Waals surface area (Å²) in [5, 5.41) is 0. The third-order valence-corrected chi connectivity index (χ3v) is 4.72. The molecular weight excluding hydrogens is 328 g/mol. The molecule has 0 fully saturated rings. The second-order valence-corrected chi connectivity index (χ2v) is 7.48. The number of rotatable bonds is 4. The number of benzene rings is 2. The van der Waals surface area contributed by atoms with Crippen molar-refractivity contribution in [2.24, 2.45) is 0 Å². The second-order valence-electron chi connectivity index (χ2n) is 5.46. The Morgan fingerprint density at radius 1 is 1.17 bits per heavy atom. The normalized spacial score (nSPS) is 13.5. The van der Waals surface area contributed by atoms with Crippen LogP contribution in [0.3, 0.4) is 0 Å². The molecule has 0 N–H and O–H groups in total. The molecule has 24 heavy (non-hydrogen) atoms. The summed E-state index contributed by atoms with van der Waals surface area (Å²) in [6, 6.07) is 11.5. The summed E-state index contributed by atoms with van der Waals surface area (Å²) in [6.45, 7) is 0.689. The van der Waals surface area contributed by atoms with E-state index in [4.69, 9.17) is 9.47 Å². The van der Waals surface area contributed by atoms with E-state index < -0.39 is 15.8 Å². The molecule has 0 amide bonds. The third kappa shape index (κ3) is 3.83. The first-order valence-electron chi connectivity index (χ1n) is 7.37. The molecule has 0 spiro atoms. The number of carbonyl (C=O) groups is 1. The lowest BCUT2D eigenvalue weighted by molar-refractivity contribution is -0.128. The van der Waals surface area contributed by atoms with Gasteiger partial charge in [0.15, 0.2) is 9.84 Å². The van der Waals surface area contributed by atoms with Crippen LogP contribution in [-0.4, -0.2) is 27.2 Å². The average Bonchev–Trinajstić information content (AvgIpc) is 3.00. The third-order valence-electron chi connectivity index (χ3n) is 3.60. The van der Waals surface area contributed by atoms with Crippen molar-refractivity contribution < 1.29 is 22.7 Å². The van der Waals surface area contributed by atoms with Gasteiger partial charge in [-0.05, 0) is 53.6 Å². The summed E-state index contributed by atoms with van der Waals surface area (Å²) >= 11 is 0. The molecule has 6 heteroatoms. The van der Waals surface area contributed by atoms with Gasteiger partial charge in [0.1, 0.15) is 11.5 Å². The number of esters is 1. The van der Waals surface area contributed by atoms with Crippen molar-refractivity contribution in [3.8, 4) is 11.5 Å². The molecule has 0 saturated carbocycles. The van der Waals surface area contributed by atoms with Gasteiger partial charge in [-0.3, -0.25) is 0 Å². The summed E-state index contributed by atoms with van der Waals surface area (Å²) in [5.74, 6) is 0.652. The maximum absolute atomic E-state index is 11.8. The van der Waals surface area contributed by atoms with Gasteiger partial charge in [-0.15, -0.1) is 0 Å². The SMILES string of the molecule is CS(=O)(=O)c1ccc(OC(=O)/C=C/c2ccc3c(c2)CCO3)cc1. The molecule has 3 rings (SSSR count). The van der Waals surface area contributed by atoms with Crippen LogP contribution >= 0.6 is 0 Å². The molecular formula is C18H16O5S. The second kappa shape index (κ2) is 6.49. The van der Waals surface area contributed by atoms with E-state index in [1.807, 2.05) is 18.2 Å². The fourth-order valence-electron chi connectivity index (χ4n) is 2.38. The summed E-state index contributed by atoms with van der Waals surface area (Å²) in [4.78, 5) is 12.0. The lowest BCUT2D eigenvalue weighted by atomic mass is 10.1. The average molecular weight is 344 g/mol. The van der Waals surface area contributed by atoms with Crippen LogP contribution in [0.2, 0.25) is 0 Å². The summed E-state index contributed by atoms with van der Waals surface area (Å²) < 4.78 is 33.3. The van der Waals surface area contributed by atoms with Crippen LogP contribution in [0, 0.1) is 0 Å². The van der Waals surface area contributed by atoms with Crippen LogP contribution in [0.15, 0.2) is 53.4 Å². The Bertz CT molecular complexity index is 896. The van der Waals surface area contributed by atoms with Crippen molar-refractivity contribution in [3.05, 3.63) is 59.7 Å². The first-order chi connectivity index (χ1) is 11.4. The molecule has 2 aromatic rings. The monoisotopic (exact) mass is 344 g/mol. The van der Waals surface area contributed by atoms with Gasteiger partial charge < -0.3 is 9.47 Å². The van der Waals surface area contributed by atoms with Crippen molar-refractivity contribution in [3.63, 3.8) is 0 Å². The van der Waals surface area contributed by atoms with Gasteiger partial charge in [-0.1, -0.05) is 6.07 Å². The Hall–Kier alpha value is -2.60. The maximum Gasteiger partial charge on any atom is 0.336 e. The van der Waals surface area contributed by atoms with E-state index >= 15 is 0 Å². The highest BCUT2D eigenvalue weighted by Crippen LogP contribution is 2.26. The van der Waals surface area contributed by atoms with E-state index in [0.717, 1.165) is 29.6 Å².